The number of aromatic amines is 1. The Morgan fingerprint density at radius 2 is 1.92 bits per heavy atom. The van der Waals surface area contributed by atoms with E-state index in [-0.39, 0.29) is 5.56 Å². The van der Waals surface area contributed by atoms with Gasteiger partial charge in [0.15, 0.2) is 0 Å². The monoisotopic (exact) mass is 393 g/mol. The van der Waals surface area contributed by atoms with Crippen LogP contribution in [-0.4, -0.2) is 25.1 Å². The summed E-state index contributed by atoms with van der Waals surface area (Å²) in [6.45, 7) is 1.77. The second kappa shape index (κ2) is 6.89. The van der Waals surface area contributed by atoms with E-state index in [1.165, 1.54) is 20.3 Å². The summed E-state index contributed by atoms with van der Waals surface area (Å²) in [6, 6.07) is 4.56. The molecule has 0 saturated carbocycles. The highest BCUT2D eigenvalue weighted by molar-refractivity contribution is 7.21. The van der Waals surface area contributed by atoms with Crippen molar-refractivity contribution in [1.82, 2.24) is 4.98 Å². The number of halogens is 1. The number of nitrogens with two attached hydrogens (primary N) is 1. The Kier molecular flexibility index (Phi) is 4.80. The number of anilines is 2. The zero-order valence-electron chi connectivity index (χ0n) is 14.2. The normalized spacial score (nSPS) is 10.8. The number of methoxy groups -OCH3 is 2. The highest BCUT2D eigenvalue weighted by Gasteiger charge is 2.20. The van der Waals surface area contributed by atoms with E-state index in [0.717, 1.165) is 11.3 Å². The number of nitrogens with one attached hydrogen (secondary N) is 2. The SMILES string of the molecule is COc1cc(NC(=O)c2sc3[nH]c(=O)cc(C)c3c2N)c(OC)cc1Cl. The molecule has 7 nitrogen and oxygen atoms in total. The molecule has 0 aliphatic heterocycles. The fraction of sp³-hybridized carbons (Fsp3) is 0.176. The molecule has 0 fully saturated rings. The molecule has 4 N–H and O–H groups in total. The van der Waals surface area contributed by atoms with Gasteiger partial charge in [-0.05, 0) is 12.5 Å². The maximum atomic E-state index is 12.8. The Morgan fingerprint density at radius 3 is 2.58 bits per heavy atom. The number of aryl methyl sites for hydroxylation is 1. The van der Waals surface area contributed by atoms with Crippen LogP contribution in [0.2, 0.25) is 5.02 Å². The molecule has 1 amide bonds. The summed E-state index contributed by atoms with van der Waals surface area (Å²) in [6.07, 6.45) is 0. The number of hydrogen-bond acceptors (Lipinski definition) is 6. The van der Waals surface area contributed by atoms with Gasteiger partial charge in [0.25, 0.3) is 5.91 Å². The van der Waals surface area contributed by atoms with E-state index in [1.807, 2.05) is 0 Å². The number of fused-ring (bicyclic) bond motifs is 1. The van der Waals surface area contributed by atoms with Crippen LogP contribution in [0.3, 0.4) is 0 Å². The van der Waals surface area contributed by atoms with Gasteiger partial charge in [0.2, 0.25) is 5.56 Å². The number of rotatable bonds is 4. The Balaban J connectivity index is 2.04. The molecule has 0 atom stereocenters. The van der Waals surface area contributed by atoms with Crippen molar-refractivity contribution in [2.45, 2.75) is 6.92 Å². The predicted molar refractivity (Wildman–Crippen MR) is 104 cm³/mol. The highest BCUT2D eigenvalue weighted by Crippen LogP contribution is 2.38. The largest absolute Gasteiger partial charge is 0.495 e. The summed E-state index contributed by atoms with van der Waals surface area (Å²) in [7, 11) is 2.94. The van der Waals surface area contributed by atoms with Crippen molar-refractivity contribution in [3.05, 3.63) is 44.0 Å². The molecule has 136 valence electrons. The van der Waals surface area contributed by atoms with Crippen molar-refractivity contribution >= 4 is 50.4 Å². The summed E-state index contributed by atoms with van der Waals surface area (Å²) >= 11 is 7.19. The first-order valence-corrected chi connectivity index (χ1v) is 8.70. The molecule has 1 aromatic carbocycles. The van der Waals surface area contributed by atoms with Gasteiger partial charge in [-0.25, -0.2) is 0 Å². The lowest BCUT2D eigenvalue weighted by Crippen LogP contribution is -2.13. The van der Waals surface area contributed by atoms with Crippen LogP contribution < -0.4 is 26.1 Å². The van der Waals surface area contributed by atoms with E-state index in [1.54, 1.807) is 19.1 Å². The first-order valence-electron chi connectivity index (χ1n) is 7.50. The molecule has 3 aromatic rings. The van der Waals surface area contributed by atoms with Crippen molar-refractivity contribution in [1.29, 1.82) is 0 Å². The van der Waals surface area contributed by atoms with Gasteiger partial charge < -0.3 is 25.5 Å². The molecule has 0 aliphatic rings. The van der Waals surface area contributed by atoms with Crippen LogP contribution in [0.1, 0.15) is 15.2 Å². The maximum Gasteiger partial charge on any atom is 0.268 e. The quantitative estimate of drug-likeness (QED) is 0.629. The van der Waals surface area contributed by atoms with E-state index >= 15 is 0 Å². The van der Waals surface area contributed by atoms with Crippen LogP contribution in [0.15, 0.2) is 23.0 Å². The van der Waals surface area contributed by atoms with Crippen molar-refractivity contribution < 1.29 is 14.3 Å². The molecule has 3 rings (SSSR count). The van der Waals surface area contributed by atoms with Crippen molar-refractivity contribution in [2.75, 3.05) is 25.3 Å². The maximum absolute atomic E-state index is 12.8. The molecular formula is C17H16ClN3O4S. The summed E-state index contributed by atoms with van der Waals surface area (Å²) in [5, 5.41) is 3.78. The summed E-state index contributed by atoms with van der Waals surface area (Å²) < 4.78 is 10.4. The highest BCUT2D eigenvalue weighted by atomic mass is 35.5. The average molecular weight is 394 g/mol. The van der Waals surface area contributed by atoms with Gasteiger partial charge >= 0.3 is 0 Å². The van der Waals surface area contributed by atoms with Gasteiger partial charge in [-0.1, -0.05) is 11.6 Å². The minimum Gasteiger partial charge on any atom is -0.495 e. The second-order valence-corrected chi connectivity index (χ2v) is 6.93. The molecule has 2 aromatic heterocycles. The van der Waals surface area contributed by atoms with E-state index in [2.05, 4.69) is 10.3 Å². The van der Waals surface area contributed by atoms with Crippen LogP contribution in [0.5, 0.6) is 11.5 Å². The van der Waals surface area contributed by atoms with Crippen LogP contribution in [0.25, 0.3) is 10.2 Å². The van der Waals surface area contributed by atoms with Crippen LogP contribution in [-0.2, 0) is 0 Å². The van der Waals surface area contributed by atoms with Gasteiger partial charge in [-0.15, -0.1) is 11.3 Å². The summed E-state index contributed by atoms with van der Waals surface area (Å²) in [5.74, 6) is 0.354. The molecule has 0 bridgehead atoms. The minimum atomic E-state index is -0.424. The number of pyridine rings is 1. The fourth-order valence-electron chi connectivity index (χ4n) is 2.65. The number of nitrogen functional groups attached to an aromatic ring is 1. The van der Waals surface area contributed by atoms with Gasteiger partial charge in [0, 0.05) is 23.6 Å². The van der Waals surface area contributed by atoms with Crippen molar-refractivity contribution in [2.24, 2.45) is 0 Å². The number of H-pyrrole nitrogens is 1. The van der Waals surface area contributed by atoms with Crippen LogP contribution in [0.4, 0.5) is 11.4 Å². The number of aromatic nitrogens is 1. The first-order chi connectivity index (χ1) is 12.3. The standard InChI is InChI=1S/C17H16ClN3O4S/c1-7-4-12(22)21-17-13(7)14(19)15(26-17)16(23)20-9-6-10(24-2)8(18)5-11(9)25-3/h4-6H,19H2,1-3H3,(H,20,23)(H,21,22). The third-order valence-electron chi connectivity index (χ3n) is 3.85. The Morgan fingerprint density at radius 1 is 1.23 bits per heavy atom. The van der Waals surface area contributed by atoms with Crippen LogP contribution >= 0.6 is 22.9 Å². The van der Waals surface area contributed by atoms with Crippen LogP contribution in [0, 0.1) is 6.92 Å². The number of carbonyl (C=O) groups excluding carboxylic acids is 1. The van der Waals surface area contributed by atoms with E-state index < -0.39 is 5.91 Å². The number of benzene rings is 1. The third kappa shape index (κ3) is 3.09. The molecule has 0 spiro atoms. The Bertz CT molecular complexity index is 1070. The average Bonchev–Trinajstić information content (AvgIpc) is 2.92. The summed E-state index contributed by atoms with van der Waals surface area (Å²) in [4.78, 5) is 27.9. The van der Waals surface area contributed by atoms with E-state index in [0.29, 0.717) is 48.6 Å². The number of amides is 1. The molecule has 0 aliphatic carbocycles. The van der Waals surface area contributed by atoms with Gasteiger partial charge in [0.05, 0.1) is 30.6 Å². The molecule has 26 heavy (non-hydrogen) atoms. The second-order valence-electron chi connectivity index (χ2n) is 5.51. The number of ether oxygens (including phenoxy) is 2. The van der Waals surface area contributed by atoms with E-state index in [9.17, 15) is 9.59 Å². The van der Waals surface area contributed by atoms with Crippen molar-refractivity contribution in [3.8, 4) is 11.5 Å². The molecule has 2 heterocycles. The number of hydrogen-bond donors (Lipinski definition) is 3. The molecule has 0 radical (unpaired) electrons. The lowest BCUT2D eigenvalue weighted by molar-refractivity contribution is 0.103. The Labute approximate surface area is 157 Å². The molecule has 9 heteroatoms. The topological polar surface area (TPSA) is 106 Å². The molecule has 0 unspecified atom stereocenters. The first kappa shape index (κ1) is 18.1. The molecular weight excluding hydrogens is 378 g/mol. The van der Waals surface area contributed by atoms with E-state index in [4.69, 9.17) is 26.8 Å². The molecule has 0 saturated heterocycles. The number of thiophene rings is 1. The van der Waals surface area contributed by atoms with Gasteiger partial charge in [-0.2, -0.15) is 0 Å². The zero-order valence-corrected chi connectivity index (χ0v) is 15.8. The third-order valence-corrected chi connectivity index (χ3v) is 5.27. The smallest absolute Gasteiger partial charge is 0.268 e. The minimum absolute atomic E-state index is 0.243. The lowest BCUT2D eigenvalue weighted by atomic mass is 10.1. The zero-order chi connectivity index (χ0) is 19.0. The lowest BCUT2D eigenvalue weighted by Gasteiger charge is -2.13. The van der Waals surface area contributed by atoms with Crippen molar-refractivity contribution in [3.63, 3.8) is 0 Å². The fourth-order valence-corrected chi connectivity index (χ4v) is 3.96. The summed E-state index contributed by atoms with van der Waals surface area (Å²) in [5.41, 5.74) is 7.32. The Hall–Kier alpha value is -2.71. The van der Waals surface area contributed by atoms with Gasteiger partial charge in [-0.3, -0.25) is 9.59 Å². The predicted octanol–water partition coefficient (Wildman–Crippen LogP) is 3.40. The number of carbonyl (C=O) groups is 1. The van der Waals surface area contributed by atoms with Gasteiger partial charge in [0.1, 0.15) is 21.2 Å².